The Morgan fingerprint density at radius 1 is 0.719 bits per heavy atom. The topological polar surface area (TPSA) is 184 Å². The van der Waals surface area contributed by atoms with Gasteiger partial charge in [-0.05, 0) is 48.1 Å². The number of benzene rings is 2. The van der Waals surface area contributed by atoms with Crippen LogP contribution in [0.5, 0.6) is 5.75 Å². The van der Waals surface area contributed by atoms with Gasteiger partial charge >= 0.3 is 10.4 Å². The summed E-state index contributed by atoms with van der Waals surface area (Å²) in [6, 6.07) is 13.4. The molecule has 1 N–H and O–H groups in total. The Morgan fingerprint density at radius 2 is 1.34 bits per heavy atom. The van der Waals surface area contributed by atoms with Gasteiger partial charge < -0.3 is 13.8 Å². The highest BCUT2D eigenvalue weighted by Gasteiger charge is 2.01. The maximum atomic E-state index is 10.1. The van der Waals surface area contributed by atoms with Crippen LogP contribution >= 0.6 is 0 Å². The molecule has 0 aliphatic carbocycles. The Hall–Kier alpha value is -2.69. The first kappa shape index (κ1) is 25.6. The van der Waals surface area contributed by atoms with Crippen molar-refractivity contribution in [2.45, 2.75) is 0 Å². The molecule has 0 unspecified atom stereocenters. The Kier molecular flexibility index (Phi) is 12.1. The van der Waals surface area contributed by atoms with Crippen LogP contribution in [0.4, 0.5) is 0 Å². The number of rotatable bonds is 18. The van der Waals surface area contributed by atoms with Crippen LogP contribution in [-0.2, 0) is 74.7 Å². The molecule has 0 saturated heterocycles. The van der Waals surface area contributed by atoms with Gasteiger partial charge in [0.05, 0.1) is 0 Å². The third-order valence-electron chi connectivity index (χ3n) is 2.78. The van der Waals surface area contributed by atoms with Gasteiger partial charge in [0.25, 0.3) is 0 Å². The van der Waals surface area contributed by atoms with Gasteiger partial charge in [-0.1, -0.05) is 30.3 Å². The van der Waals surface area contributed by atoms with Crippen LogP contribution in [0.1, 0.15) is 0 Å². The van der Waals surface area contributed by atoms with Crippen LogP contribution in [0.3, 0.4) is 0 Å². The van der Waals surface area contributed by atoms with E-state index in [9.17, 15) is 8.42 Å². The Morgan fingerprint density at radius 3 is 2.03 bits per heavy atom. The molecule has 0 saturated carbocycles. The largest absolute Gasteiger partial charge is 0.491 e. The fourth-order valence-electron chi connectivity index (χ4n) is 1.75. The van der Waals surface area contributed by atoms with Gasteiger partial charge in [-0.25, -0.2) is 4.89 Å². The molecule has 0 spiro atoms. The normalized spacial score (nSPS) is 11.8. The van der Waals surface area contributed by atoms with E-state index in [1.807, 2.05) is 42.5 Å². The van der Waals surface area contributed by atoms with E-state index in [2.05, 4.69) is 64.3 Å². The molecule has 2 aromatic rings. The van der Waals surface area contributed by atoms with E-state index in [1.165, 1.54) is 0 Å². The van der Waals surface area contributed by atoms with Crippen molar-refractivity contribution in [1.82, 2.24) is 0 Å². The number of ether oxygens (including phenoxy) is 1. The zero-order chi connectivity index (χ0) is 22.9. The van der Waals surface area contributed by atoms with Crippen LogP contribution < -0.4 is 4.74 Å². The van der Waals surface area contributed by atoms with E-state index in [4.69, 9.17) is 9.29 Å². The molecule has 2 rings (SSSR count). The molecule has 0 aliphatic rings. The van der Waals surface area contributed by atoms with E-state index in [0.717, 1.165) is 10.8 Å². The molecule has 0 bridgehead atoms. The SMILES string of the molecule is O=S(=O)(O)O/C=C\OOOOOOOOOOOOCCOc1ccc2ccccc2c1. The van der Waals surface area contributed by atoms with Crippen molar-refractivity contribution in [2.24, 2.45) is 0 Å². The second-order valence-electron chi connectivity index (χ2n) is 4.75. The highest BCUT2D eigenvalue weighted by atomic mass is 32.3. The van der Waals surface area contributed by atoms with Crippen molar-refractivity contribution in [1.29, 1.82) is 0 Å². The molecule has 2 aromatic carbocycles. The molecule has 18 heteroatoms. The van der Waals surface area contributed by atoms with Gasteiger partial charge in [0.1, 0.15) is 25.2 Å². The van der Waals surface area contributed by atoms with Gasteiger partial charge in [-0.15, -0.1) is 0 Å². The minimum absolute atomic E-state index is 0.0268. The lowest BCUT2D eigenvalue weighted by molar-refractivity contribution is -0.862. The second kappa shape index (κ2) is 15.2. The highest BCUT2D eigenvalue weighted by Crippen LogP contribution is 2.20. The fourth-order valence-corrected chi connectivity index (χ4v) is 1.94. The van der Waals surface area contributed by atoms with Gasteiger partial charge in [0, 0.05) is 25.2 Å². The number of fused-ring (bicyclic) bond motifs is 1. The van der Waals surface area contributed by atoms with Crippen molar-refractivity contribution < 1.29 is 82.0 Å². The maximum absolute atomic E-state index is 10.1. The summed E-state index contributed by atoms with van der Waals surface area (Å²) >= 11 is 0. The van der Waals surface area contributed by atoms with Crippen LogP contribution in [0.15, 0.2) is 55.0 Å². The van der Waals surface area contributed by atoms with E-state index >= 15 is 0 Å². The standard InChI is InChI=1S/C14H14O17S/c15-32(16,17)21-10-9-20-23-25-27-29-31-30-28-26-24-22-19-8-7-18-14-6-5-12-3-1-2-4-13(12)11-14/h1-6,9-11H,7-8H2,(H,15,16,17)/b10-9-. The molecule has 0 fully saturated rings. The summed E-state index contributed by atoms with van der Waals surface area (Å²) < 4.78 is 37.5. The van der Waals surface area contributed by atoms with Crippen LogP contribution in [0.25, 0.3) is 10.8 Å². The third kappa shape index (κ3) is 12.2. The maximum Gasteiger partial charge on any atom is 0.446 e. The molecule has 0 aromatic heterocycles. The first-order valence-electron chi connectivity index (χ1n) is 7.92. The summed E-state index contributed by atoms with van der Waals surface area (Å²) in [5, 5.41) is 39.6. The molecule has 32 heavy (non-hydrogen) atoms. The van der Waals surface area contributed by atoms with Gasteiger partial charge in [-0.3, -0.25) is 4.55 Å². The lowest BCUT2D eigenvalue weighted by Crippen LogP contribution is -2.08. The quantitative estimate of drug-likeness (QED) is 0.106. The molecule has 0 radical (unpaired) electrons. The average molecular weight is 486 g/mol. The summed E-state index contributed by atoms with van der Waals surface area (Å²) in [6.45, 7) is 0.115. The first-order valence-corrected chi connectivity index (χ1v) is 9.28. The Balaban J connectivity index is 1.32. The third-order valence-corrected chi connectivity index (χ3v) is 3.14. The predicted octanol–water partition coefficient (Wildman–Crippen LogP) is 1.77. The number of hydrogen-bond acceptors (Lipinski definition) is 16. The van der Waals surface area contributed by atoms with Crippen molar-refractivity contribution >= 4 is 21.2 Å². The van der Waals surface area contributed by atoms with E-state index in [1.54, 1.807) is 0 Å². The zero-order valence-corrected chi connectivity index (χ0v) is 16.3. The summed E-state index contributed by atoms with van der Waals surface area (Å²) in [6.07, 6.45) is 0.870. The average Bonchev–Trinajstić information content (AvgIpc) is 2.77. The van der Waals surface area contributed by atoms with Crippen LogP contribution in [0.2, 0.25) is 0 Å². The summed E-state index contributed by atoms with van der Waals surface area (Å²) in [5.41, 5.74) is 0. The Labute approximate surface area is 178 Å². The molecule has 178 valence electrons. The van der Waals surface area contributed by atoms with Crippen molar-refractivity contribution in [3.8, 4) is 5.75 Å². The molecule has 0 amide bonds. The minimum atomic E-state index is -4.68. The second-order valence-corrected chi connectivity index (χ2v) is 5.80. The fraction of sp³-hybridized carbons (Fsp3) is 0.143. The smallest absolute Gasteiger partial charge is 0.446 e. The monoisotopic (exact) mass is 486 g/mol. The van der Waals surface area contributed by atoms with Gasteiger partial charge in [0.2, 0.25) is 0 Å². The van der Waals surface area contributed by atoms with Crippen LogP contribution in [-0.4, -0.2) is 26.2 Å². The molecule has 17 nitrogen and oxygen atoms in total. The molecular weight excluding hydrogens is 472 g/mol. The van der Waals surface area contributed by atoms with Crippen LogP contribution in [0, 0.1) is 0 Å². The molecule has 0 aliphatic heterocycles. The lowest BCUT2D eigenvalue weighted by Gasteiger charge is -2.06. The van der Waals surface area contributed by atoms with Gasteiger partial charge in [-0.2, -0.15) is 8.42 Å². The van der Waals surface area contributed by atoms with Gasteiger partial charge in [0.15, 0.2) is 6.26 Å². The summed E-state index contributed by atoms with van der Waals surface area (Å²) in [7, 11) is -4.68. The minimum Gasteiger partial charge on any atom is -0.491 e. The molecular formula is C14H14O17S. The zero-order valence-electron chi connectivity index (χ0n) is 15.5. The van der Waals surface area contributed by atoms with E-state index < -0.39 is 10.4 Å². The lowest BCUT2D eigenvalue weighted by atomic mass is 10.1. The molecule has 0 atom stereocenters. The first-order chi connectivity index (χ1) is 15.5. The van der Waals surface area contributed by atoms with E-state index in [0.29, 0.717) is 18.3 Å². The molecule has 0 heterocycles. The van der Waals surface area contributed by atoms with Crippen molar-refractivity contribution in [3.63, 3.8) is 0 Å². The van der Waals surface area contributed by atoms with Crippen molar-refractivity contribution in [3.05, 3.63) is 55.0 Å². The Bertz CT molecular complexity index is 903. The highest BCUT2D eigenvalue weighted by molar-refractivity contribution is 7.81. The van der Waals surface area contributed by atoms with E-state index in [-0.39, 0.29) is 13.2 Å². The predicted molar refractivity (Wildman–Crippen MR) is 89.1 cm³/mol. The summed E-state index contributed by atoms with van der Waals surface area (Å²) in [5.74, 6) is 0.643. The summed E-state index contributed by atoms with van der Waals surface area (Å²) in [4.78, 5) is 8.50. The number of hydrogen-bond donors (Lipinski definition) is 1. The van der Waals surface area contributed by atoms with Crippen molar-refractivity contribution in [2.75, 3.05) is 13.2 Å².